The average Bonchev–Trinajstić information content (AvgIpc) is 3.61. The fourth-order valence-corrected chi connectivity index (χ4v) is 5.24. The summed E-state index contributed by atoms with van der Waals surface area (Å²) in [4.78, 5) is 32.3. The van der Waals surface area contributed by atoms with Gasteiger partial charge in [0.05, 0.1) is 54.2 Å². The number of hydrogen-bond donors (Lipinski definition) is 2. The van der Waals surface area contributed by atoms with E-state index < -0.39 is 5.91 Å². The van der Waals surface area contributed by atoms with E-state index in [9.17, 15) is 9.59 Å². The number of likely N-dealkylation sites (tertiary alicyclic amines) is 1. The highest BCUT2D eigenvalue weighted by molar-refractivity contribution is 6.08. The van der Waals surface area contributed by atoms with Crippen LogP contribution in [0, 0.1) is 20.8 Å². The maximum atomic E-state index is 13.2. The van der Waals surface area contributed by atoms with E-state index in [-0.39, 0.29) is 11.6 Å². The molecule has 2 N–H and O–H groups in total. The fraction of sp³-hybridized carbons (Fsp3) is 0.429. The Morgan fingerprint density at radius 2 is 1.98 bits per heavy atom. The third-order valence-corrected chi connectivity index (χ3v) is 7.46. The van der Waals surface area contributed by atoms with Crippen LogP contribution in [0.1, 0.15) is 47.3 Å². The Labute approximate surface area is 232 Å². The first-order chi connectivity index (χ1) is 19.2. The van der Waals surface area contributed by atoms with Crippen LogP contribution >= 0.6 is 0 Å². The van der Waals surface area contributed by atoms with Gasteiger partial charge in [-0.2, -0.15) is 5.10 Å². The zero-order chi connectivity index (χ0) is 28.4. The minimum atomic E-state index is -0.415. The molecule has 4 aromatic rings. The van der Waals surface area contributed by atoms with Gasteiger partial charge >= 0.3 is 0 Å². The standard InChI is InChI=1S/C28H35N9O3/c1-17-7-6-10-35(17)16-25(38)30-22-13-23(18(2)29-14-22)31-28(39)27-24-9-8-21(15-37(24)34-32-27)26-19(3)33-36(20(26)4)11-12-40-5/h8-9,13-15,17H,6-7,10-12,16H2,1-5H3,(H,30,38)(H,31,39)/t17-/m0/s1. The van der Waals surface area contributed by atoms with Crippen molar-refractivity contribution in [1.29, 1.82) is 0 Å². The summed E-state index contributed by atoms with van der Waals surface area (Å²) in [7, 11) is 1.67. The molecule has 0 spiro atoms. The molecule has 5 rings (SSSR count). The minimum absolute atomic E-state index is 0.105. The molecule has 1 saturated heterocycles. The van der Waals surface area contributed by atoms with E-state index in [0.29, 0.717) is 48.3 Å². The molecule has 0 saturated carbocycles. The van der Waals surface area contributed by atoms with Crippen molar-refractivity contribution >= 4 is 28.7 Å². The van der Waals surface area contributed by atoms with Gasteiger partial charge in [-0.15, -0.1) is 5.10 Å². The lowest BCUT2D eigenvalue weighted by atomic mass is 10.1. The molecule has 1 fully saturated rings. The highest BCUT2D eigenvalue weighted by Gasteiger charge is 2.23. The van der Waals surface area contributed by atoms with Gasteiger partial charge in [-0.05, 0) is 59.2 Å². The number of nitrogens with zero attached hydrogens (tertiary/aromatic N) is 7. The van der Waals surface area contributed by atoms with Crippen molar-refractivity contribution in [3.63, 3.8) is 0 Å². The number of amides is 2. The van der Waals surface area contributed by atoms with Crippen LogP contribution in [0.25, 0.3) is 16.6 Å². The van der Waals surface area contributed by atoms with E-state index >= 15 is 0 Å². The summed E-state index contributed by atoms with van der Waals surface area (Å²) in [6, 6.07) is 5.88. The molecule has 2 amide bonds. The van der Waals surface area contributed by atoms with Gasteiger partial charge in [0.2, 0.25) is 5.91 Å². The molecule has 0 unspecified atom stereocenters. The second-order valence-electron chi connectivity index (χ2n) is 10.3. The zero-order valence-corrected chi connectivity index (χ0v) is 23.6. The third-order valence-electron chi connectivity index (χ3n) is 7.46. The number of carbonyl (C=O) groups is 2. The Hall–Kier alpha value is -4.16. The van der Waals surface area contributed by atoms with E-state index in [1.54, 1.807) is 30.8 Å². The van der Waals surface area contributed by atoms with Crippen molar-refractivity contribution in [3.05, 3.63) is 53.4 Å². The topological polar surface area (TPSA) is 132 Å². The number of carbonyl (C=O) groups excluding carboxylic acids is 2. The number of pyridine rings is 2. The zero-order valence-electron chi connectivity index (χ0n) is 23.6. The Morgan fingerprint density at radius 3 is 2.73 bits per heavy atom. The summed E-state index contributed by atoms with van der Waals surface area (Å²) in [6.45, 7) is 10.4. The highest BCUT2D eigenvalue weighted by Crippen LogP contribution is 2.28. The van der Waals surface area contributed by atoms with Gasteiger partial charge in [-0.1, -0.05) is 11.3 Å². The summed E-state index contributed by atoms with van der Waals surface area (Å²) in [5.74, 6) is -0.520. The second-order valence-corrected chi connectivity index (χ2v) is 10.3. The number of methoxy groups -OCH3 is 1. The van der Waals surface area contributed by atoms with Crippen molar-refractivity contribution in [1.82, 2.24) is 34.5 Å². The molecule has 0 bridgehead atoms. The molecular formula is C28H35N9O3. The van der Waals surface area contributed by atoms with Crippen LogP contribution in [-0.4, -0.2) is 79.2 Å². The van der Waals surface area contributed by atoms with E-state index in [4.69, 9.17) is 4.74 Å². The molecular weight excluding hydrogens is 510 g/mol. The maximum absolute atomic E-state index is 13.2. The van der Waals surface area contributed by atoms with E-state index in [1.165, 1.54) is 0 Å². The lowest BCUT2D eigenvalue weighted by molar-refractivity contribution is -0.117. The van der Waals surface area contributed by atoms with Crippen molar-refractivity contribution in [2.45, 2.75) is 53.1 Å². The third kappa shape index (κ3) is 5.58. The van der Waals surface area contributed by atoms with Crippen LogP contribution in [-0.2, 0) is 16.1 Å². The molecule has 12 heteroatoms. The van der Waals surface area contributed by atoms with Gasteiger partial charge in [-0.25, -0.2) is 4.52 Å². The minimum Gasteiger partial charge on any atom is -0.383 e. The first kappa shape index (κ1) is 27.4. The SMILES string of the molecule is COCCn1nc(C)c(-c2ccc3c(C(=O)Nc4cc(NC(=O)CN5CCC[C@@H]5C)cnc4C)nnn3c2)c1C. The van der Waals surface area contributed by atoms with Crippen molar-refractivity contribution in [3.8, 4) is 11.1 Å². The summed E-state index contributed by atoms with van der Waals surface area (Å²) < 4.78 is 8.72. The van der Waals surface area contributed by atoms with Gasteiger partial charge in [0.15, 0.2) is 5.69 Å². The number of ether oxygens (including phenoxy) is 1. The molecule has 12 nitrogen and oxygen atoms in total. The van der Waals surface area contributed by atoms with Gasteiger partial charge in [-0.3, -0.25) is 24.2 Å². The van der Waals surface area contributed by atoms with Crippen molar-refractivity contribution < 1.29 is 14.3 Å². The first-order valence-electron chi connectivity index (χ1n) is 13.5. The van der Waals surface area contributed by atoms with E-state index in [2.05, 4.69) is 42.9 Å². The fourth-order valence-electron chi connectivity index (χ4n) is 5.24. The van der Waals surface area contributed by atoms with Crippen LogP contribution in [0.4, 0.5) is 11.4 Å². The van der Waals surface area contributed by atoms with Crippen LogP contribution in [0.2, 0.25) is 0 Å². The predicted octanol–water partition coefficient (Wildman–Crippen LogP) is 3.23. The monoisotopic (exact) mass is 545 g/mol. The molecule has 0 radical (unpaired) electrons. The maximum Gasteiger partial charge on any atom is 0.278 e. The molecule has 4 aromatic heterocycles. The summed E-state index contributed by atoms with van der Waals surface area (Å²) >= 11 is 0. The van der Waals surface area contributed by atoms with Gasteiger partial charge in [0.25, 0.3) is 5.91 Å². The van der Waals surface area contributed by atoms with Crippen molar-refractivity contribution in [2.75, 3.05) is 37.4 Å². The number of anilines is 2. The molecule has 1 aliphatic heterocycles. The highest BCUT2D eigenvalue weighted by atomic mass is 16.5. The largest absolute Gasteiger partial charge is 0.383 e. The number of rotatable bonds is 9. The molecule has 0 aromatic carbocycles. The number of fused-ring (bicyclic) bond motifs is 1. The van der Waals surface area contributed by atoms with E-state index in [1.807, 2.05) is 36.9 Å². The molecule has 210 valence electrons. The number of hydrogen-bond acceptors (Lipinski definition) is 8. The lowest BCUT2D eigenvalue weighted by Crippen LogP contribution is -2.35. The molecule has 5 heterocycles. The van der Waals surface area contributed by atoms with Gasteiger partial charge in [0, 0.05) is 36.2 Å². The number of nitrogens with one attached hydrogen (secondary N) is 2. The van der Waals surface area contributed by atoms with Crippen LogP contribution in [0.5, 0.6) is 0 Å². The van der Waals surface area contributed by atoms with Crippen molar-refractivity contribution in [2.24, 2.45) is 0 Å². The normalized spacial score (nSPS) is 15.6. The Bertz CT molecular complexity index is 1560. The lowest BCUT2D eigenvalue weighted by Gasteiger charge is -2.20. The van der Waals surface area contributed by atoms with Crippen LogP contribution < -0.4 is 10.6 Å². The Morgan fingerprint density at radius 1 is 1.15 bits per heavy atom. The Kier molecular flexibility index (Phi) is 7.90. The van der Waals surface area contributed by atoms with Crippen LogP contribution in [0.15, 0.2) is 30.6 Å². The molecule has 40 heavy (non-hydrogen) atoms. The van der Waals surface area contributed by atoms with Gasteiger partial charge < -0.3 is 15.4 Å². The predicted molar refractivity (Wildman–Crippen MR) is 151 cm³/mol. The molecule has 1 aliphatic rings. The number of aryl methyl sites for hydroxylation is 2. The Balaban J connectivity index is 1.32. The average molecular weight is 546 g/mol. The number of aromatic nitrogens is 6. The van der Waals surface area contributed by atoms with Crippen LogP contribution in [0.3, 0.4) is 0 Å². The quantitative estimate of drug-likeness (QED) is 0.328. The van der Waals surface area contributed by atoms with Gasteiger partial charge in [0.1, 0.15) is 0 Å². The summed E-state index contributed by atoms with van der Waals surface area (Å²) in [5, 5.41) is 18.8. The summed E-state index contributed by atoms with van der Waals surface area (Å²) in [6.07, 6.45) is 5.65. The molecule has 1 atom stereocenters. The second kappa shape index (κ2) is 11.5. The molecule has 0 aliphatic carbocycles. The first-order valence-corrected chi connectivity index (χ1v) is 13.5. The summed E-state index contributed by atoms with van der Waals surface area (Å²) in [5.41, 5.74) is 6.25. The smallest absolute Gasteiger partial charge is 0.278 e. The van der Waals surface area contributed by atoms with E-state index in [0.717, 1.165) is 41.9 Å².